The zero-order valence-corrected chi connectivity index (χ0v) is 14.4. The highest BCUT2D eigenvalue weighted by Gasteiger charge is 2.25. The van der Waals surface area contributed by atoms with Crippen molar-refractivity contribution < 1.29 is 9.53 Å². The Kier molecular flexibility index (Phi) is 6.37. The summed E-state index contributed by atoms with van der Waals surface area (Å²) in [5, 5.41) is 3.46. The van der Waals surface area contributed by atoms with E-state index < -0.39 is 0 Å². The second-order valence-corrected chi connectivity index (χ2v) is 7.47. The molecule has 0 aromatic heterocycles. The zero-order chi connectivity index (χ0) is 15.9. The number of hydrogen-bond donors (Lipinski definition) is 1. The Morgan fingerprint density at radius 1 is 1.35 bits per heavy atom. The molecule has 126 valence electrons. The van der Waals surface area contributed by atoms with Gasteiger partial charge < -0.3 is 15.0 Å². The van der Waals surface area contributed by atoms with Gasteiger partial charge in [-0.05, 0) is 18.4 Å². The van der Waals surface area contributed by atoms with Gasteiger partial charge in [-0.25, -0.2) is 0 Å². The first kappa shape index (κ1) is 16.8. The topological polar surface area (TPSA) is 41.6 Å². The van der Waals surface area contributed by atoms with E-state index in [0.717, 1.165) is 37.5 Å². The van der Waals surface area contributed by atoms with Gasteiger partial charge in [-0.1, -0.05) is 30.3 Å². The summed E-state index contributed by atoms with van der Waals surface area (Å²) in [4.78, 5) is 14.8. The summed E-state index contributed by atoms with van der Waals surface area (Å²) in [6.45, 7) is 3.23. The monoisotopic (exact) mass is 334 g/mol. The Morgan fingerprint density at radius 2 is 2.22 bits per heavy atom. The third-order valence-electron chi connectivity index (χ3n) is 4.44. The predicted octanol–water partition coefficient (Wildman–Crippen LogP) is 2.29. The second kappa shape index (κ2) is 8.71. The molecule has 0 radical (unpaired) electrons. The predicted molar refractivity (Wildman–Crippen MR) is 94.6 cm³/mol. The zero-order valence-electron chi connectivity index (χ0n) is 13.6. The van der Waals surface area contributed by atoms with Crippen molar-refractivity contribution in [2.45, 2.75) is 38.0 Å². The van der Waals surface area contributed by atoms with Crippen molar-refractivity contribution in [2.24, 2.45) is 0 Å². The van der Waals surface area contributed by atoms with Gasteiger partial charge in [0.15, 0.2) is 0 Å². The molecule has 0 spiro atoms. The highest BCUT2D eigenvalue weighted by molar-refractivity contribution is 7.99. The molecule has 1 aromatic rings. The molecule has 1 N–H and O–H groups in total. The third-order valence-corrected chi connectivity index (χ3v) is 5.57. The molecule has 0 saturated carbocycles. The van der Waals surface area contributed by atoms with Crippen LogP contribution in [-0.2, 0) is 16.1 Å². The van der Waals surface area contributed by atoms with Gasteiger partial charge in [0.1, 0.15) is 0 Å². The molecule has 2 heterocycles. The van der Waals surface area contributed by atoms with Crippen LogP contribution in [0.1, 0.15) is 24.8 Å². The molecular weight excluding hydrogens is 308 g/mol. The van der Waals surface area contributed by atoms with Crippen molar-refractivity contribution in [2.75, 3.05) is 31.2 Å². The lowest BCUT2D eigenvalue weighted by Gasteiger charge is -2.29. The molecule has 2 unspecified atom stereocenters. The molecular formula is C18H26N2O2S. The molecule has 1 amide bonds. The van der Waals surface area contributed by atoms with Crippen LogP contribution in [0.3, 0.4) is 0 Å². The number of thioether (sulfide) groups is 1. The van der Waals surface area contributed by atoms with Gasteiger partial charge in [0.25, 0.3) is 0 Å². The summed E-state index contributed by atoms with van der Waals surface area (Å²) >= 11 is 1.94. The van der Waals surface area contributed by atoms with Crippen LogP contribution in [0.15, 0.2) is 30.3 Å². The number of amides is 1. The van der Waals surface area contributed by atoms with Crippen LogP contribution in [0.25, 0.3) is 0 Å². The number of ether oxygens (including phenoxy) is 1. The van der Waals surface area contributed by atoms with Crippen molar-refractivity contribution in [3.63, 3.8) is 0 Å². The van der Waals surface area contributed by atoms with Gasteiger partial charge in [-0.15, -0.1) is 0 Å². The summed E-state index contributed by atoms with van der Waals surface area (Å²) in [5.74, 6) is 2.42. The summed E-state index contributed by atoms with van der Waals surface area (Å²) in [6, 6.07) is 10.6. The van der Waals surface area contributed by atoms with Crippen molar-refractivity contribution in [3.8, 4) is 0 Å². The average molecular weight is 334 g/mol. The number of rotatable bonds is 6. The van der Waals surface area contributed by atoms with Crippen LogP contribution in [-0.4, -0.2) is 54.2 Å². The molecule has 1 aromatic carbocycles. The maximum absolute atomic E-state index is 12.8. The van der Waals surface area contributed by atoms with E-state index in [1.54, 1.807) is 0 Å². The molecule has 2 atom stereocenters. The Labute approximate surface area is 143 Å². The van der Waals surface area contributed by atoms with Gasteiger partial charge >= 0.3 is 0 Å². The fourth-order valence-electron chi connectivity index (χ4n) is 3.18. The SMILES string of the molecule is O=C(CC1CSCCN1)N(Cc1ccccc1)CC1CCCO1. The standard InChI is InChI=1S/C18H26N2O2S/c21-18(11-16-14-23-10-8-19-16)20(13-17-7-4-9-22-17)12-15-5-2-1-3-6-15/h1-3,5-6,16-17,19H,4,7-14H2. The van der Waals surface area contributed by atoms with E-state index in [-0.39, 0.29) is 12.0 Å². The molecule has 0 aliphatic carbocycles. The first-order valence-electron chi connectivity index (χ1n) is 8.55. The van der Waals surface area contributed by atoms with E-state index in [1.165, 1.54) is 5.56 Å². The van der Waals surface area contributed by atoms with E-state index in [0.29, 0.717) is 25.6 Å². The molecule has 3 rings (SSSR count). The maximum atomic E-state index is 12.8. The quantitative estimate of drug-likeness (QED) is 0.867. The Morgan fingerprint density at radius 3 is 2.91 bits per heavy atom. The molecule has 2 aliphatic heterocycles. The number of carbonyl (C=O) groups is 1. The fourth-order valence-corrected chi connectivity index (χ4v) is 4.13. The number of hydrogen-bond acceptors (Lipinski definition) is 4. The van der Waals surface area contributed by atoms with Crippen molar-refractivity contribution in [1.29, 1.82) is 0 Å². The van der Waals surface area contributed by atoms with Crippen LogP contribution in [0.2, 0.25) is 0 Å². The highest BCUT2D eigenvalue weighted by Crippen LogP contribution is 2.17. The molecule has 4 nitrogen and oxygen atoms in total. The minimum Gasteiger partial charge on any atom is -0.376 e. The molecule has 23 heavy (non-hydrogen) atoms. The normalized spacial score (nSPS) is 24.5. The van der Waals surface area contributed by atoms with Crippen molar-refractivity contribution in [3.05, 3.63) is 35.9 Å². The largest absolute Gasteiger partial charge is 0.376 e. The lowest BCUT2D eigenvalue weighted by Crippen LogP contribution is -2.44. The maximum Gasteiger partial charge on any atom is 0.224 e. The van der Waals surface area contributed by atoms with Crippen LogP contribution in [0.4, 0.5) is 0 Å². The Bertz CT molecular complexity index is 485. The van der Waals surface area contributed by atoms with Crippen molar-refractivity contribution >= 4 is 17.7 Å². The third kappa shape index (κ3) is 5.23. The number of benzene rings is 1. The number of nitrogens with one attached hydrogen (secondary N) is 1. The van der Waals surface area contributed by atoms with E-state index in [9.17, 15) is 4.79 Å². The summed E-state index contributed by atoms with van der Waals surface area (Å²) in [7, 11) is 0. The number of nitrogens with zero attached hydrogens (tertiary/aromatic N) is 1. The summed E-state index contributed by atoms with van der Waals surface area (Å²) in [6.07, 6.45) is 2.97. The lowest BCUT2D eigenvalue weighted by atomic mass is 10.1. The second-order valence-electron chi connectivity index (χ2n) is 6.32. The minimum absolute atomic E-state index is 0.205. The van der Waals surface area contributed by atoms with E-state index >= 15 is 0 Å². The summed E-state index contributed by atoms with van der Waals surface area (Å²) in [5.41, 5.74) is 1.19. The van der Waals surface area contributed by atoms with E-state index in [4.69, 9.17) is 4.74 Å². The van der Waals surface area contributed by atoms with Crippen molar-refractivity contribution in [1.82, 2.24) is 10.2 Å². The molecule has 2 saturated heterocycles. The smallest absolute Gasteiger partial charge is 0.224 e. The van der Waals surface area contributed by atoms with Gasteiger partial charge in [0.2, 0.25) is 5.91 Å². The molecule has 0 bridgehead atoms. The van der Waals surface area contributed by atoms with Gasteiger partial charge in [0.05, 0.1) is 6.10 Å². The highest BCUT2D eigenvalue weighted by atomic mass is 32.2. The fraction of sp³-hybridized carbons (Fsp3) is 0.611. The first-order chi connectivity index (χ1) is 11.3. The van der Waals surface area contributed by atoms with Gasteiger partial charge in [0, 0.05) is 50.2 Å². The van der Waals surface area contributed by atoms with Crippen LogP contribution in [0.5, 0.6) is 0 Å². The molecule has 2 aliphatic rings. The Balaban J connectivity index is 1.61. The van der Waals surface area contributed by atoms with Gasteiger partial charge in [-0.3, -0.25) is 4.79 Å². The lowest BCUT2D eigenvalue weighted by molar-refractivity contribution is -0.133. The average Bonchev–Trinajstić information content (AvgIpc) is 3.09. The van der Waals surface area contributed by atoms with Gasteiger partial charge in [-0.2, -0.15) is 11.8 Å². The van der Waals surface area contributed by atoms with E-state index in [1.807, 2.05) is 34.9 Å². The van der Waals surface area contributed by atoms with E-state index in [2.05, 4.69) is 17.4 Å². The number of carbonyl (C=O) groups excluding carboxylic acids is 1. The Hall–Kier alpha value is -1.04. The summed E-state index contributed by atoms with van der Waals surface area (Å²) < 4.78 is 5.75. The first-order valence-corrected chi connectivity index (χ1v) is 9.71. The molecule has 2 fully saturated rings. The van der Waals surface area contributed by atoms with Crippen LogP contribution < -0.4 is 5.32 Å². The molecule has 5 heteroatoms. The van der Waals surface area contributed by atoms with Crippen LogP contribution >= 0.6 is 11.8 Å². The van der Waals surface area contributed by atoms with Crippen LogP contribution in [0, 0.1) is 0 Å². The minimum atomic E-state index is 0.205.